The second-order valence-corrected chi connectivity index (χ2v) is 8.18. The van der Waals surface area contributed by atoms with E-state index in [4.69, 9.17) is 9.72 Å². The van der Waals surface area contributed by atoms with Crippen LogP contribution in [0.15, 0.2) is 5.38 Å². The number of amides is 1. The van der Waals surface area contributed by atoms with Gasteiger partial charge in [0.15, 0.2) is 0 Å². The maximum atomic E-state index is 12.5. The summed E-state index contributed by atoms with van der Waals surface area (Å²) in [6.45, 7) is 4.87. The van der Waals surface area contributed by atoms with Crippen LogP contribution in [0.3, 0.4) is 0 Å². The Hall–Kier alpha value is -0.980. The van der Waals surface area contributed by atoms with Crippen molar-refractivity contribution in [3.63, 3.8) is 0 Å². The third-order valence-corrected chi connectivity index (χ3v) is 6.56. The molecule has 24 heavy (non-hydrogen) atoms. The molecule has 6 heteroatoms. The van der Waals surface area contributed by atoms with Crippen LogP contribution in [0.4, 0.5) is 0 Å². The fourth-order valence-corrected chi connectivity index (χ4v) is 5.10. The summed E-state index contributed by atoms with van der Waals surface area (Å²) in [5.74, 6) is 0.875. The topological polar surface area (TPSA) is 45.7 Å². The summed E-state index contributed by atoms with van der Waals surface area (Å²) in [4.78, 5) is 21.7. The fourth-order valence-electron chi connectivity index (χ4n) is 4.12. The summed E-state index contributed by atoms with van der Waals surface area (Å²) in [5.41, 5.74) is 1.16. The summed E-state index contributed by atoms with van der Waals surface area (Å²) < 4.78 is 5.76. The molecule has 132 valence electrons. The first-order valence-corrected chi connectivity index (χ1v) is 10.2. The highest BCUT2D eigenvalue weighted by atomic mass is 32.1. The van der Waals surface area contributed by atoms with Crippen molar-refractivity contribution in [3.05, 3.63) is 16.1 Å². The second-order valence-electron chi connectivity index (χ2n) is 7.29. The minimum Gasteiger partial charge on any atom is -0.366 e. The Bertz CT molecular complexity index is 564. The first-order valence-electron chi connectivity index (χ1n) is 9.36. The van der Waals surface area contributed by atoms with E-state index in [1.807, 2.05) is 16.2 Å². The van der Waals surface area contributed by atoms with Crippen molar-refractivity contribution in [1.29, 1.82) is 0 Å². The van der Waals surface area contributed by atoms with E-state index >= 15 is 0 Å². The maximum absolute atomic E-state index is 12.5. The van der Waals surface area contributed by atoms with Crippen molar-refractivity contribution in [1.82, 2.24) is 14.8 Å². The quantitative estimate of drug-likeness (QED) is 0.838. The number of thiazole rings is 1. The van der Waals surface area contributed by atoms with Gasteiger partial charge in [-0.3, -0.25) is 9.69 Å². The Labute approximate surface area is 148 Å². The van der Waals surface area contributed by atoms with E-state index in [-0.39, 0.29) is 12.0 Å². The molecule has 0 N–H and O–H groups in total. The minimum absolute atomic E-state index is 0.183. The van der Waals surface area contributed by atoms with Crippen LogP contribution in [0.5, 0.6) is 0 Å². The highest BCUT2D eigenvalue weighted by Gasteiger charge is 2.31. The lowest BCUT2D eigenvalue weighted by Gasteiger charge is -2.33. The molecule has 1 atom stereocenters. The van der Waals surface area contributed by atoms with Gasteiger partial charge in [0.25, 0.3) is 5.91 Å². The van der Waals surface area contributed by atoms with Crippen molar-refractivity contribution in [2.75, 3.05) is 32.8 Å². The molecule has 2 saturated heterocycles. The first-order chi connectivity index (χ1) is 11.8. The molecule has 0 spiro atoms. The van der Waals surface area contributed by atoms with Gasteiger partial charge in [0.05, 0.1) is 17.3 Å². The van der Waals surface area contributed by atoms with Gasteiger partial charge in [-0.1, -0.05) is 12.8 Å². The summed E-state index contributed by atoms with van der Waals surface area (Å²) in [5, 5.41) is 3.53. The molecule has 3 heterocycles. The lowest BCUT2D eigenvalue weighted by atomic mass is 10.1. The lowest BCUT2D eigenvalue weighted by molar-refractivity contribution is -0.148. The van der Waals surface area contributed by atoms with Gasteiger partial charge in [-0.15, -0.1) is 11.3 Å². The van der Waals surface area contributed by atoms with Crippen molar-refractivity contribution < 1.29 is 9.53 Å². The molecule has 1 aromatic heterocycles. The number of likely N-dealkylation sites (tertiary alicyclic amines) is 1. The van der Waals surface area contributed by atoms with Crippen molar-refractivity contribution in [2.24, 2.45) is 0 Å². The normalized spacial score (nSPS) is 26.3. The maximum Gasteiger partial charge on any atom is 0.253 e. The van der Waals surface area contributed by atoms with Crippen molar-refractivity contribution in [3.8, 4) is 0 Å². The second kappa shape index (κ2) is 7.50. The number of hydrogen-bond acceptors (Lipinski definition) is 5. The number of aromatic nitrogens is 1. The minimum atomic E-state index is -0.287. The number of ether oxygens (including phenoxy) is 1. The van der Waals surface area contributed by atoms with E-state index in [2.05, 4.69) is 10.3 Å². The van der Waals surface area contributed by atoms with Crippen LogP contribution in [-0.2, 0) is 16.1 Å². The van der Waals surface area contributed by atoms with Crippen LogP contribution in [0.25, 0.3) is 0 Å². The van der Waals surface area contributed by atoms with E-state index < -0.39 is 0 Å². The Morgan fingerprint density at radius 1 is 1.21 bits per heavy atom. The molecular formula is C18H27N3O2S. The van der Waals surface area contributed by atoms with Crippen LogP contribution in [-0.4, -0.2) is 59.6 Å². The van der Waals surface area contributed by atoms with E-state index in [1.54, 1.807) is 0 Å². The molecule has 5 nitrogen and oxygen atoms in total. The molecule has 1 unspecified atom stereocenters. The van der Waals surface area contributed by atoms with Crippen LogP contribution in [0.2, 0.25) is 0 Å². The Morgan fingerprint density at radius 2 is 2.00 bits per heavy atom. The third-order valence-electron chi connectivity index (χ3n) is 5.50. The van der Waals surface area contributed by atoms with Crippen LogP contribution < -0.4 is 0 Å². The van der Waals surface area contributed by atoms with Gasteiger partial charge in [0.2, 0.25) is 0 Å². The number of rotatable bonds is 4. The van der Waals surface area contributed by atoms with Crippen molar-refractivity contribution in [2.45, 2.75) is 57.1 Å². The zero-order valence-corrected chi connectivity index (χ0v) is 15.1. The number of carbonyl (C=O) groups is 1. The van der Waals surface area contributed by atoms with Crippen LogP contribution in [0, 0.1) is 0 Å². The lowest BCUT2D eigenvalue weighted by Crippen LogP contribution is -2.50. The van der Waals surface area contributed by atoms with Crippen LogP contribution >= 0.6 is 11.3 Å². The molecule has 0 aromatic carbocycles. The average Bonchev–Trinajstić information content (AvgIpc) is 3.35. The van der Waals surface area contributed by atoms with Gasteiger partial charge >= 0.3 is 0 Å². The smallest absolute Gasteiger partial charge is 0.253 e. The van der Waals surface area contributed by atoms with Gasteiger partial charge in [0.1, 0.15) is 6.10 Å². The number of carbonyl (C=O) groups excluding carboxylic acids is 1. The molecule has 0 radical (unpaired) electrons. The largest absolute Gasteiger partial charge is 0.366 e. The predicted octanol–water partition coefficient (Wildman–Crippen LogP) is 2.62. The number of morpholine rings is 1. The molecule has 3 fully saturated rings. The molecule has 0 bridgehead atoms. The molecule has 2 aliphatic heterocycles. The van der Waals surface area contributed by atoms with Crippen molar-refractivity contribution >= 4 is 17.2 Å². The van der Waals surface area contributed by atoms with Crippen LogP contribution in [0.1, 0.15) is 55.1 Å². The molecular weight excluding hydrogens is 322 g/mol. The fraction of sp³-hybridized carbons (Fsp3) is 0.778. The summed E-state index contributed by atoms with van der Waals surface area (Å²) in [6, 6.07) is 0. The third kappa shape index (κ3) is 3.65. The zero-order valence-electron chi connectivity index (χ0n) is 14.3. The van der Waals surface area contributed by atoms with E-state index in [0.717, 1.165) is 44.7 Å². The Morgan fingerprint density at radius 3 is 2.79 bits per heavy atom. The molecule has 1 aromatic rings. The molecule has 1 aliphatic carbocycles. The summed E-state index contributed by atoms with van der Waals surface area (Å²) >= 11 is 1.82. The standard InChI is InChI=1S/C18H27N3O2S/c22-18(21-7-3-4-8-21)16-12-20(9-10-23-16)11-15-13-24-17(19-15)14-5-1-2-6-14/h13-14,16H,1-12H2. The SMILES string of the molecule is O=C(C1CN(Cc2csc(C3CCCC3)n2)CCO1)N1CCCC1. The monoisotopic (exact) mass is 349 g/mol. The molecule has 1 saturated carbocycles. The van der Waals surface area contributed by atoms with Gasteiger partial charge in [0, 0.05) is 44.0 Å². The Balaban J connectivity index is 1.33. The molecule has 3 aliphatic rings. The number of nitrogens with zero attached hydrogens (tertiary/aromatic N) is 3. The summed E-state index contributed by atoms with van der Waals surface area (Å²) in [6.07, 6.45) is 7.28. The first kappa shape index (κ1) is 16.5. The molecule has 1 amide bonds. The van der Waals surface area contributed by atoms with Gasteiger partial charge in [-0.25, -0.2) is 4.98 Å². The van der Waals surface area contributed by atoms with Gasteiger partial charge in [-0.05, 0) is 25.7 Å². The number of hydrogen-bond donors (Lipinski definition) is 0. The highest BCUT2D eigenvalue weighted by molar-refractivity contribution is 7.09. The van der Waals surface area contributed by atoms with Gasteiger partial charge in [-0.2, -0.15) is 0 Å². The van der Waals surface area contributed by atoms with E-state index in [9.17, 15) is 4.79 Å². The van der Waals surface area contributed by atoms with Gasteiger partial charge < -0.3 is 9.64 Å². The van der Waals surface area contributed by atoms with E-state index in [1.165, 1.54) is 30.7 Å². The zero-order chi connectivity index (χ0) is 16.4. The molecule has 4 rings (SSSR count). The highest BCUT2D eigenvalue weighted by Crippen LogP contribution is 2.35. The average molecular weight is 350 g/mol. The Kier molecular flexibility index (Phi) is 5.15. The van der Waals surface area contributed by atoms with E-state index in [0.29, 0.717) is 19.1 Å². The predicted molar refractivity (Wildman–Crippen MR) is 94.2 cm³/mol. The summed E-state index contributed by atoms with van der Waals surface area (Å²) in [7, 11) is 0.